The maximum atomic E-state index is 12.9. The van der Waals surface area contributed by atoms with Crippen molar-refractivity contribution in [3.8, 4) is 0 Å². The maximum absolute atomic E-state index is 12.9. The maximum Gasteiger partial charge on any atom is 0.326 e. The smallest absolute Gasteiger partial charge is 0.326 e. The van der Waals surface area contributed by atoms with E-state index in [9.17, 15) is 23.1 Å². The number of amides is 1. The van der Waals surface area contributed by atoms with Crippen LogP contribution in [0.1, 0.15) is 55.3 Å². The topological polar surface area (TPSA) is 95.0 Å². The number of nitrogens with zero attached hydrogens (tertiary/aromatic N) is 2. The predicted molar refractivity (Wildman–Crippen MR) is 100.0 cm³/mol. The van der Waals surface area contributed by atoms with E-state index in [1.54, 1.807) is 7.05 Å². The molecule has 7 nitrogen and oxygen atoms in total. The average Bonchev–Trinajstić information content (AvgIpc) is 3.18. The first-order valence-electron chi connectivity index (χ1n) is 9.44. The van der Waals surface area contributed by atoms with E-state index in [0.717, 1.165) is 32.1 Å². The number of sulfonamides is 1. The molecule has 1 aliphatic heterocycles. The van der Waals surface area contributed by atoms with Crippen LogP contribution in [0.25, 0.3) is 0 Å². The Morgan fingerprint density at radius 2 is 1.67 bits per heavy atom. The molecule has 27 heavy (non-hydrogen) atoms. The molecule has 1 aromatic carbocycles. The number of carboxylic acids is 1. The van der Waals surface area contributed by atoms with Crippen molar-refractivity contribution in [3.63, 3.8) is 0 Å². The van der Waals surface area contributed by atoms with Gasteiger partial charge in [0.2, 0.25) is 10.0 Å². The van der Waals surface area contributed by atoms with Crippen LogP contribution < -0.4 is 0 Å². The predicted octanol–water partition coefficient (Wildman–Crippen LogP) is 2.33. The van der Waals surface area contributed by atoms with Crippen molar-refractivity contribution in [2.75, 3.05) is 13.6 Å². The Morgan fingerprint density at radius 1 is 1.04 bits per heavy atom. The molecule has 0 unspecified atom stereocenters. The molecular weight excluding hydrogens is 368 g/mol. The van der Waals surface area contributed by atoms with E-state index in [-0.39, 0.29) is 16.8 Å². The summed E-state index contributed by atoms with van der Waals surface area (Å²) in [5, 5.41) is 9.24. The molecule has 1 aliphatic carbocycles. The Balaban J connectivity index is 1.76. The van der Waals surface area contributed by atoms with E-state index < -0.39 is 22.0 Å². The van der Waals surface area contributed by atoms with Crippen LogP contribution in [0.3, 0.4) is 0 Å². The van der Waals surface area contributed by atoms with E-state index in [2.05, 4.69) is 0 Å². The summed E-state index contributed by atoms with van der Waals surface area (Å²) in [5.74, 6) is -1.38. The minimum absolute atomic E-state index is 0.0194. The summed E-state index contributed by atoms with van der Waals surface area (Å²) in [4.78, 5) is 25.4. The summed E-state index contributed by atoms with van der Waals surface area (Å²) < 4.78 is 27.2. The van der Waals surface area contributed by atoms with Crippen LogP contribution in [0.5, 0.6) is 0 Å². The third-order valence-electron chi connectivity index (χ3n) is 5.67. The molecule has 1 atom stereocenters. The third kappa shape index (κ3) is 4.01. The molecule has 1 saturated heterocycles. The second-order valence-corrected chi connectivity index (χ2v) is 9.33. The number of carbonyl (C=O) groups excluding carboxylic acids is 1. The molecule has 3 rings (SSSR count). The van der Waals surface area contributed by atoms with E-state index >= 15 is 0 Å². The van der Waals surface area contributed by atoms with Gasteiger partial charge >= 0.3 is 5.97 Å². The zero-order valence-electron chi connectivity index (χ0n) is 15.5. The minimum Gasteiger partial charge on any atom is -0.480 e. The first-order valence-corrected chi connectivity index (χ1v) is 10.9. The van der Waals surface area contributed by atoms with Crippen LogP contribution in [0.15, 0.2) is 29.2 Å². The molecule has 0 bridgehead atoms. The molecule has 2 aliphatic rings. The third-order valence-corrected chi connectivity index (χ3v) is 7.59. The summed E-state index contributed by atoms with van der Waals surface area (Å²) in [7, 11) is -1.99. The normalized spacial score (nSPS) is 21.6. The van der Waals surface area contributed by atoms with Gasteiger partial charge in [-0.2, -0.15) is 4.31 Å². The van der Waals surface area contributed by atoms with Crippen molar-refractivity contribution >= 4 is 21.9 Å². The molecule has 0 aromatic heterocycles. The summed E-state index contributed by atoms with van der Waals surface area (Å²) in [5.41, 5.74) is 0.308. The lowest BCUT2D eigenvalue weighted by atomic mass is 9.96. The van der Waals surface area contributed by atoms with Gasteiger partial charge in [0.05, 0.1) is 4.90 Å². The summed E-state index contributed by atoms with van der Waals surface area (Å²) in [6.45, 7) is 0.403. The van der Waals surface area contributed by atoms with Gasteiger partial charge in [-0.15, -0.1) is 0 Å². The zero-order chi connectivity index (χ0) is 19.6. The highest BCUT2D eigenvalue weighted by Crippen LogP contribution is 2.27. The van der Waals surface area contributed by atoms with Gasteiger partial charge in [-0.3, -0.25) is 4.79 Å². The highest BCUT2D eigenvalue weighted by atomic mass is 32.2. The number of benzene rings is 1. The van der Waals surface area contributed by atoms with Crippen LogP contribution in [0.2, 0.25) is 0 Å². The van der Waals surface area contributed by atoms with Crippen molar-refractivity contribution in [2.24, 2.45) is 0 Å². The molecule has 1 N–H and O–H groups in total. The molecule has 1 saturated carbocycles. The molecule has 8 heteroatoms. The highest BCUT2D eigenvalue weighted by Gasteiger charge is 2.35. The largest absolute Gasteiger partial charge is 0.480 e. The van der Waals surface area contributed by atoms with Crippen LogP contribution in [-0.2, 0) is 14.8 Å². The van der Waals surface area contributed by atoms with E-state index in [0.29, 0.717) is 24.9 Å². The Hall–Kier alpha value is -1.93. The van der Waals surface area contributed by atoms with Crippen LogP contribution in [0.4, 0.5) is 0 Å². The summed E-state index contributed by atoms with van der Waals surface area (Å²) in [6.07, 6.45) is 6.07. The molecule has 0 radical (unpaired) electrons. The fourth-order valence-corrected chi connectivity index (χ4v) is 5.42. The first-order chi connectivity index (χ1) is 12.8. The van der Waals surface area contributed by atoms with Crippen molar-refractivity contribution in [1.82, 2.24) is 9.21 Å². The second-order valence-electron chi connectivity index (χ2n) is 7.33. The van der Waals surface area contributed by atoms with Crippen molar-refractivity contribution in [2.45, 2.75) is 61.9 Å². The van der Waals surface area contributed by atoms with Gasteiger partial charge in [-0.25, -0.2) is 13.2 Å². The summed E-state index contributed by atoms with van der Waals surface area (Å²) in [6, 6.07) is 5.04. The van der Waals surface area contributed by atoms with Crippen LogP contribution in [-0.4, -0.2) is 60.3 Å². The van der Waals surface area contributed by atoms with Crippen molar-refractivity contribution < 1.29 is 23.1 Å². The van der Waals surface area contributed by atoms with Gasteiger partial charge in [0.15, 0.2) is 0 Å². The lowest BCUT2D eigenvalue weighted by Crippen LogP contribution is -2.40. The van der Waals surface area contributed by atoms with Gasteiger partial charge < -0.3 is 10.0 Å². The molecule has 2 fully saturated rings. The van der Waals surface area contributed by atoms with E-state index in [1.165, 1.54) is 33.5 Å². The fourth-order valence-electron chi connectivity index (χ4n) is 4.01. The number of hydrogen-bond donors (Lipinski definition) is 1. The molecule has 1 heterocycles. The zero-order valence-corrected chi connectivity index (χ0v) is 16.3. The minimum atomic E-state index is -3.61. The lowest BCUT2D eigenvalue weighted by molar-refractivity contribution is -0.141. The van der Waals surface area contributed by atoms with Crippen LogP contribution >= 0.6 is 0 Å². The van der Waals surface area contributed by atoms with Crippen molar-refractivity contribution in [1.29, 1.82) is 0 Å². The second kappa shape index (κ2) is 7.98. The molecule has 148 valence electrons. The number of likely N-dealkylation sites (tertiary alicyclic amines) is 1. The van der Waals surface area contributed by atoms with E-state index in [1.807, 2.05) is 0 Å². The summed E-state index contributed by atoms with van der Waals surface area (Å²) >= 11 is 0. The van der Waals surface area contributed by atoms with Gasteiger partial charge in [0.1, 0.15) is 6.04 Å². The number of hydrogen-bond acceptors (Lipinski definition) is 4. The van der Waals surface area contributed by atoms with Gasteiger partial charge in [0.25, 0.3) is 5.91 Å². The van der Waals surface area contributed by atoms with Crippen LogP contribution in [0, 0.1) is 0 Å². The van der Waals surface area contributed by atoms with Crippen molar-refractivity contribution in [3.05, 3.63) is 29.8 Å². The SMILES string of the molecule is CN(C1CCCCC1)S(=O)(=O)c1ccc(C(=O)N2CCC[C@@H]2C(=O)O)cc1. The molecule has 1 aromatic rings. The number of carbonyl (C=O) groups is 2. The fraction of sp³-hybridized carbons (Fsp3) is 0.579. The standard InChI is InChI=1S/C19H26N2O5S/c1-20(15-6-3-2-4-7-15)27(25,26)16-11-9-14(10-12-16)18(22)21-13-5-8-17(21)19(23)24/h9-12,15,17H,2-8,13H2,1H3,(H,23,24)/t17-/m1/s1. The Labute approximate surface area is 160 Å². The lowest BCUT2D eigenvalue weighted by Gasteiger charge is -2.30. The number of rotatable bonds is 5. The Morgan fingerprint density at radius 3 is 2.26 bits per heavy atom. The first kappa shape index (κ1) is 19.8. The van der Waals surface area contributed by atoms with Gasteiger partial charge in [-0.1, -0.05) is 19.3 Å². The molecule has 1 amide bonds. The van der Waals surface area contributed by atoms with E-state index in [4.69, 9.17) is 0 Å². The number of carboxylic acid groups (broad SMARTS) is 1. The Bertz CT molecular complexity index is 800. The monoisotopic (exact) mass is 394 g/mol. The van der Waals surface area contributed by atoms with Gasteiger partial charge in [0, 0.05) is 25.2 Å². The highest BCUT2D eigenvalue weighted by molar-refractivity contribution is 7.89. The average molecular weight is 394 g/mol. The number of aliphatic carboxylic acids is 1. The quantitative estimate of drug-likeness (QED) is 0.827. The molecule has 0 spiro atoms. The molecular formula is C19H26N2O5S. The van der Waals surface area contributed by atoms with Gasteiger partial charge in [-0.05, 0) is 49.9 Å². The Kier molecular flexibility index (Phi) is 5.86.